The third-order valence-corrected chi connectivity index (χ3v) is 2.67. The van der Waals surface area contributed by atoms with Gasteiger partial charge in [0.2, 0.25) is 0 Å². The van der Waals surface area contributed by atoms with E-state index in [2.05, 4.69) is 20.6 Å². The Morgan fingerprint density at radius 3 is 2.68 bits per heavy atom. The number of halogens is 1. The maximum Gasteiger partial charge on any atom is 0.320 e. The first-order valence-electron chi connectivity index (χ1n) is 5.79. The van der Waals surface area contributed by atoms with Gasteiger partial charge < -0.3 is 5.32 Å². The van der Waals surface area contributed by atoms with E-state index in [1.54, 1.807) is 6.20 Å². The van der Waals surface area contributed by atoms with Crippen LogP contribution in [0.5, 0.6) is 0 Å². The van der Waals surface area contributed by atoms with Crippen LogP contribution >= 0.6 is 11.6 Å². The van der Waals surface area contributed by atoms with Gasteiger partial charge in [0, 0.05) is 24.0 Å². The highest BCUT2D eigenvalue weighted by Gasteiger charge is 2.01. The maximum atomic E-state index is 11.5. The SMILES string of the molecule is O=C(NCCc1ccc(Cl)cc1)Nc1cnccn1. The molecule has 98 valence electrons. The predicted octanol–water partition coefficient (Wildman–Crippen LogP) is 2.49. The summed E-state index contributed by atoms with van der Waals surface area (Å²) in [7, 11) is 0. The number of rotatable bonds is 4. The second-order valence-electron chi connectivity index (χ2n) is 3.85. The molecule has 2 N–H and O–H groups in total. The fourth-order valence-corrected chi connectivity index (χ4v) is 1.62. The molecule has 0 saturated carbocycles. The Morgan fingerprint density at radius 1 is 1.21 bits per heavy atom. The molecule has 2 amide bonds. The molecule has 2 aromatic rings. The summed E-state index contributed by atoms with van der Waals surface area (Å²) < 4.78 is 0. The van der Waals surface area contributed by atoms with Crippen LogP contribution < -0.4 is 10.6 Å². The summed E-state index contributed by atoms with van der Waals surface area (Å²) >= 11 is 5.79. The van der Waals surface area contributed by atoms with Crippen molar-refractivity contribution >= 4 is 23.4 Å². The van der Waals surface area contributed by atoms with Crippen molar-refractivity contribution in [2.75, 3.05) is 11.9 Å². The van der Waals surface area contributed by atoms with Crippen LogP contribution in [0.4, 0.5) is 10.6 Å². The number of nitrogens with zero attached hydrogens (tertiary/aromatic N) is 2. The number of hydrogen-bond donors (Lipinski definition) is 2. The number of urea groups is 1. The number of nitrogens with one attached hydrogen (secondary N) is 2. The summed E-state index contributed by atoms with van der Waals surface area (Å²) in [6, 6.07) is 7.23. The smallest absolute Gasteiger partial charge is 0.320 e. The molecule has 5 nitrogen and oxygen atoms in total. The Bertz CT molecular complexity index is 530. The van der Waals surface area contributed by atoms with Gasteiger partial charge in [-0.2, -0.15) is 0 Å². The fourth-order valence-electron chi connectivity index (χ4n) is 1.50. The van der Waals surface area contributed by atoms with Gasteiger partial charge in [0.25, 0.3) is 0 Å². The van der Waals surface area contributed by atoms with Crippen LogP contribution in [-0.4, -0.2) is 22.5 Å². The summed E-state index contributed by atoms with van der Waals surface area (Å²) in [5.41, 5.74) is 1.12. The summed E-state index contributed by atoms with van der Waals surface area (Å²) in [5, 5.41) is 6.04. The first kappa shape index (κ1) is 13.3. The number of carbonyl (C=O) groups is 1. The lowest BCUT2D eigenvalue weighted by molar-refractivity contribution is 0.252. The first-order valence-corrected chi connectivity index (χ1v) is 6.17. The number of benzene rings is 1. The highest BCUT2D eigenvalue weighted by atomic mass is 35.5. The van der Waals surface area contributed by atoms with E-state index >= 15 is 0 Å². The Morgan fingerprint density at radius 2 is 2.00 bits per heavy atom. The molecule has 0 atom stereocenters. The van der Waals surface area contributed by atoms with E-state index in [1.807, 2.05) is 24.3 Å². The number of aromatic nitrogens is 2. The molecule has 19 heavy (non-hydrogen) atoms. The van der Waals surface area contributed by atoms with E-state index in [-0.39, 0.29) is 6.03 Å². The van der Waals surface area contributed by atoms with Crippen LogP contribution in [0.25, 0.3) is 0 Å². The molecule has 0 unspecified atom stereocenters. The summed E-state index contributed by atoms with van der Waals surface area (Å²) in [4.78, 5) is 19.3. The molecule has 1 aromatic heterocycles. The van der Waals surface area contributed by atoms with E-state index in [9.17, 15) is 4.79 Å². The van der Waals surface area contributed by atoms with Crippen molar-refractivity contribution in [3.8, 4) is 0 Å². The van der Waals surface area contributed by atoms with Crippen molar-refractivity contribution in [3.05, 3.63) is 53.4 Å². The van der Waals surface area contributed by atoms with Crippen LogP contribution in [-0.2, 0) is 6.42 Å². The van der Waals surface area contributed by atoms with Gasteiger partial charge in [-0.25, -0.2) is 9.78 Å². The van der Waals surface area contributed by atoms with E-state index in [0.29, 0.717) is 17.4 Å². The standard InChI is InChI=1S/C13H13ClN4O/c14-11-3-1-10(2-4-11)5-6-17-13(19)18-12-9-15-7-8-16-12/h1-4,7-9H,5-6H2,(H2,16,17,18,19). The molecule has 1 heterocycles. The lowest BCUT2D eigenvalue weighted by Gasteiger charge is -2.06. The van der Waals surface area contributed by atoms with Crippen LogP contribution in [0.1, 0.15) is 5.56 Å². The van der Waals surface area contributed by atoms with Crippen molar-refractivity contribution in [3.63, 3.8) is 0 Å². The van der Waals surface area contributed by atoms with Gasteiger partial charge in [0.1, 0.15) is 0 Å². The Kier molecular flexibility index (Phi) is 4.69. The molecule has 2 rings (SSSR count). The van der Waals surface area contributed by atoms with Gasteiger partial charge in [-0.15, -0.1) is 0 Å². The Balaban J connectivity index is 1.74. The average molecular weight is 277 g/mol. The number of carbonyl (C=O) groups excluding carboxylic acids is 1. The van der Waals surface area contributed by atoms with E-state index in [1.165, 1.54) is 12.4 Å². The second kappa shape index (κ2) is 6.70. The van der Waals surface area contributed by atoms with Crippen molar-refractivity contribution < 1.29 is 4.79 Å². The molecule has 0 saturated heterocycles. The van der Waals surface area contributed by atoms with Gasteiger partial charge >= 0.3 is 6.03 Å². The second-order valence-corrected chi connectivity index (χ2v) is 4.28. The minimum atomic E-state index is -0.297. The van der Waals surface area contributed by atoms with Gasteiger partial charge in [0.15, 0.2) is 5.82 Å². The van der Waals surface area contributed by atoms with Crippen LogP contribution in [0.3, 0.4) is 0 Å². The molecule has 6 heteroatoms. The molecule has 0 aliphatic carbocycles. The lowest BCUT2D eigenvalue weighted by atomic mass is 10.1. The Hall–Kier alpha value is -2.14. The highest BCUT2D eigenvalue weighted by molar-refractivity contribution is 6.30. The zero-order valence-electron chi connectivity index (χ0n) is 10.1. The van der Waals surface area contributed by atoms with E-state index < -0.39 is 0 Å². The highest BCUT2D eigenvalue weighted by Crippen LogP contribution is 2.09. The van der Waals surface area contributed by atoms with Gasteiger partial charge in [-0.1, -0.05) is 23.7 Å². The lowest BCUT2D eigenvalue weighted by Crippen LogP contribution is -2.30. The summed E-state index contributed by atoms with van der Waals surface area (Å²) in [6.45, 7) is 0.535. The first-order chi connectivity index (χ1) is 9.24. The quantitative estimate of drug-likeness (QED) is 0.902. The minimum Gasteiger partial charge on any atom is -0.337 e. The van der Waals surface area contributed by atoms with E-state index in [4.69, 9.17) is 11.6 Å². The number of amides is 2. The van der Waals surface area contributed by atoms with Crippen molar-refractivity contribution in [1.29, 1.82) is 0 Å². The zero-order chi connectivity index (χ0) is 13.5. The monoisotopic (exact) mass is 276 g/mol. The summed E-state index contributed by atoms with van der Waals surface area (Å²) in [5.74, 6) is 0.423. The van der Waals surface area contributed by atoms with Crippen LogP contribution in [0.2, 0.25) is 5.02 Å². The van der Waals surface area contributed by atoms with Crippen molar-refractivity contribution in [2.45, 2.75) is 6.42 Å². The Labute approximate surface area is 116 Å². The maximum absolute atomic E-state index is 11.5. The molecule has 0 bridgehead atoms. The molecule has 0 aliphatic heterocycles. The van der Waals surface area contributed by atoms with Crippen molar-refractivity contribution in [2.24, 2.45) is 0 Å². The predicted molar refractivity (Wildman–Crippen MR) is 74.2 cm³/mol. The van der Waals surface area contributed by atoms with Gasteiger partial charge in [-0.3, -0.25) is 10.3 Å². The van der Waals surface area contributed by atoms with E-state index in [0.717, 1.165) is 12.0 Å². The molecule has 0 radical (unpaired) electrons. The average Bonchev–Trinajstić information content (AvgIpc) is 2.42. The molecule has 0 spiro atoms. The third kappa shape index (κ3) is 4.56. The van der Waals surface area contributed by atoms with Crippen LogP contribution in [0.15, 0.2) is 42.9 Å². The number of anilines is 1. The molecular weight excluding hydrogens is 264 g/mol. The molecule has 0 fully saturated rings. The molecule has 0 aliphatic rings. The summed E-state index contributed by atoms with van der Waals surface area (Å²) in [6.07, 6.45) is 5.29. The van der Waals surface area contributed by atoms with Gasteiger partial charge in [-0.05, 0) is 24.1 Å². The normalized spacial score (nSPS) is 9.95. The van der Waals surface area contributed by atoms with Crippen LogP contribution in [0, 0.1) is 0 Å². The minimum absolute atomic E-state index is 0.297. The molecular formula is C13H13ClN4O. The number of hydrogen-bond acceptors (Lipinski definition) is 3. The molecule has 1 aromatic carbocycles. The topological polar surface area (TPSA) is 66.9 Å². The largest absolute Gasteiger partial charge is 0.337 e. The van der Waals surface area contributed by atoms with Gasteiger partial charge in [0.05, 0.1) is 6.20 Å². The zero-order valence-corrected chi connectivity index (χ0v) is 10.9. The fraction of sp³-hybridized carbons (Fsp3) is 0.154. The third-order valence-electron chi connectivity index (χ3n) is 2.42. The van der Waals surface area contributed by atoms with Crippen molar-refractivity contribution in [1.82, 2.24) is 15.3 Å².